The highest BCUT2D eigenvalue weighted by molar-refractivity contribution is 6.01. The number of rotatable bonds is 3. The fraction of sp³-hybridized carbons (Fsp3) is 0.208. The molecule has 3 nitrogen and oxygen atoms in total. The van der Waals surface area contributed by atoms with Gasteiger partial charge in [-0.3, -0.25) is 0 Å². The minimum atomic E-state index is -0.197. The van der Waals surface area contributed by atoms with Crippen molar-refractivity contribution in [2.75, 3.05) is 0 Å². The molecule has 0 aromatic heterocycles. The summed E-state index contributed by atoms with van der Waals surface area (Å²) in [5, 5.41) is 7.15. The Hall–Kier alpha value is -3.07. The number of hydrazone groups is 1. The van der Waals surface area contributed by atoms with Crippen LogP contribution < -0.4 is 4.74 Å². The minimum absolute atomic E-state index is 0.197. The summed E-state index contributed by atoms with van der Waals surface area (Å²) in [4.78, 5) is 0. The molecule has 2 heterocycles. The summed E-state index contributed by atoms with van der Waals surface area (Å²) < 4.78 is 6.41. The van der Waals surface area contributed by atoms with E-state index >= 15 is 0 Å². The van der Waals surface area contributed by atoms with Crippen molar-refractivity contribution < 1.29 is 4.74 Å². The second kappa shape index (κ2) is 6.58. The largest absolute Gasteiger partial charge is 0.464 e. The molecule has 27 heavy (non-hydrogen) atoms. The van der Waals surface area contributed by atoms with Crippen molar-refractivity contribution in [2.24, 2.45) is 5.10 Å². The van der Waals surface area contributed by atoms with Crippen LogP contribution in [0, 0.1) is 0 Å². The number of ether oxygens (including phenoxy) is 1. The average Bonchev–Trinajstić information content (AvgIpc) is 3.20. The van der Waals surface area contributed by atoms with Crippen molar-refractivity contribution in [3.63, 3.8) is 0 Å². The summed E-state index contributed by atoms with van der Waals surface area (Å²) >= 11 is 0. The summed E-state index contributed by atoms with van der Waals surface area (Å²) in [6.07, 6.45) is 1.74. The van der Waals surface area contributed by atoms with Gasteiger partial charge in [0.25, 0.3) is 0 Å². The lowest BCUT2D eigenvalue weighted by molar-refractivity contribution is -0.0190. The number of nitrogens with zero attached hydrogens (tertiary/aromatic N) is 2. The lowest BCUT2D eigenvalue weighted by Crippen LogP contribution is -2.33. The van der Waals surface area contributed by atoms with Gasteiger partial charge in [0.1, 0.15) is 5.75 Å². The third-order valence-electron chi connectivity index (χ3n) is 5.48. The van der Waals surface area contributed by atoms with E-state index < -0.39 is 0 Å². The van der Waals surface area contributed by atoms with Crippen LogP contribution in [-0.2, 0) is 6.42 Å². The van der Waals surface area contributed by atoms with Gasteiger partial charge in [0, 0.05) is 17.5 Å². The van der Waals surface area contributed by atoms with Gasteiger partial charge in [0.2, 0.25) is 6.23 Å². The summed E-state index contributed by atoms with van der Waals surface area (Å²) in [6, 6.07) is 27.7. The van der Waals surface area contributed by atoms with Gasteiger partial charge in [-0.2, -0.15) is 5.10 Å². The van der Waals surface area contributed by atoms with Crippen LogP contribution in [0.3, 0.4) is 0 Å². The zero-order valence-corrected chi connectivity index (χ0v) is 15.4. The molecule has 2 aliphatic heterocycles. The third kappa shape index (κ3) is 2.80. The molecule has 0 unspecified atom stereocenters. The van der Waals surface area contributed by atoms with Gasteiger partial charge < -0.3 is 4.74 Å². The van der Waals surface area contributed by atoms with Gasteiger partial charge in [-0.15, -0.1) is 0 Å². The molecule has 3 aromatic carbocycles. The van der Waals surface area contributed by atoms with E-state index in [-0.39, 0.29) is 12.3 Å². The van der Waals surface area contributed by atoms with Gasteiger partial charge >= 0.3 is 0 Å². The Balaban J connectivity index is 1.57. The lowest BCUT2D eigenvalue weighted by Gasteiger charge is -2.38. The van der Waals surface area contributed by atoms with E-state index in [2.05, 4.69) is 78.7 Å². The Morgan fingerprint density at radius 1 is 0.926 bits per heavy atom. The van der Waals surface area contributed by atoms with Gasteiger partial charge in [0.15, 0.2) is 0 Å². The smallest absolute Gasteiger partial charge is 0.213 e. The van der Waals surface area contributed by atoms with Gasteiger partial charge in [-0.25, -0.2) is 5.01 Å². The van der Waals surface area contributed by atoms with E-state index in [9.17, 15) is 0 Å². The van der Waals surface area contributed by atoms with Crippen LogP contribution >= 0.6 is 0 Å². The highest BCUT2D eigenvalue weighted by Gasteiger charge is 2.40. The van der Waals surface area contributed by atoms with E-state index in [0.717, 1.165) is 29.9 Å². The standard InChI is InChI=1S/C24H22N2O/c1-2-17-12-14-19(15-13-17)24-26-22(20-10-6-7-11-23(20)27-24)16-21(25-26)18-8-4-3-5-9-18/h3-15,22,24H,2,16H2,1H3/t22-,24-/m1/s1. The van der Waals surface area contributed by atoms with Gasteiger partial charge in [0.05, 0.1) is 11.8 Å². The fourth-order valence-electron chi connectivity index (χ4n) is 3.98. The molecular formula is C24H22N2O. The molecule has 0 bridgehead atoms. The van der Waals surface area contributed by atoms with Gasteiger partial charge in [-0.05, 0) is 23.6 Å². The molecule has 134 valence electrons. The van der Waals surface area contributed by atoms with Crippen LogP contribution in [0.4, 0.5) is 0 Å². The number of hydrogen-bond acceptors (Lipinski definition) is 3. The van der Waals surface area contributed by atoms with Crippen LogP contribution in [0.25, 0.3) is 0 Å². The number of benzene rings is 3. The average molecular weight is 354 g/mol. The molecule has 2 aliphatic rings. The first-order valence-electron chi connectivity index (χ1n) is 9.59. The minimum Gasteiger partial charge on any atom is -0.464 e. The van der Waals surface area contributed by atoms with E-state index in [1.54, 1.807) is 0 Å². The van der Waals surface area contributed by atoms with Crippen molar-refractivity contribution in [1.29, 1.82) is 0 Å². The van der Waals surface area contributed by atoms with E-state index in [1.165, 1.54) is 16.7 Å². The number of hydrogen-bond donors (Lipinski definition) is 0. The Kier molecular flexibility index (Phi) is 3.93. The molecule has 3 heteroatoms. The Morgan fingerprint density at radius 3 is 2.44 bits per heavy atom. The third-order valence-corrected chi connectivity index (χ3v) is 5.48. The maximum absolute atomic E-state index is 6.41. The zero-order chi connectivity index (χ0) is 18.2. The van der Waals surface area contributed by atoms with Crippen LogP contribution in [0.1, 0.15) is 47.9 Å². The Morgan fingerprint density at radius 2 is 1.67 bits per heavy atom. The predicted molar refractivity (Wildman–Crippen MR) is 108 cm³/mol. The summed E-state index contributed by atoms with van der Waals surface area (Å²) in [6.45, 7) is 2.18. The topological polar surface area (TPSA) is 24.8 Å². The molecule has 0 amide bonds. The van der Waals surface area contributed by atoms with Crippen molar-refractivity contribution in [1.82, 2.24) is 5.01 Å². The van der Waals surface area contributed by atoms with Crippen molar-refractivity contribution in [3.8, 4) is 5.75 Å². The molecule has 0 saturated heterocycles. The van der Waals surface area contributed by atoms with Crippen LogP contribution in [0.2, 0.25) is 0 Å². The molecule has 3 aromatic rings. The monoisotopic (exact) mass is 354 g/mol. The van der Waals surface area contributed by atoms with Crippen LogP contribution in [0.15, 0.2) is 84.0 Å². The van der Waals surface area contributed by atoms with Crippen molar-refractivity contribution in [3.05, 3.63) is 101 Å². The molecule has 0 saturated carbocycles. The molecule has 0 fully saturated rings. The van der Waals surface area contributed by atoms with E-state index in [1.807, 2.05) is 12.1 Å². The first kappa shape index (κ1) is 16.1. The molecule has 0 spiro atoms. The van der Waals surface area contributed by atoms with Crippen molar-refractivity contribution in [2.45, 2.75) is 32.0 Å². The quantitative estimate of drug-likeness (QED) is 0.621. The SMILES string of the molecule is CCc1ccc([C@H]2Oc3ccccc3[C@H]3CC(c4ccccc4)=NN32)cc1. The highest BCUT2D eigenvalue weighted by atomic mass is 16.5. The van der Waals surface area contributed by atoms with Crippen LogP contribution in [0.5, 0.6) is 5.75 Å². The predicted octanol–water partition coefficient (Wildman–Crippen LogP) is 5.49. The maximum Gasteiger partial charge on any atom is 0.213 e. The molecule has 5 rings (SSSR count). The maximum atomic E-state index is 6.41. The van der Waals surface area contributed by atoms with E-state index in [4.69, 9.17) is 9.84 Å². The Labute approximate surface area is 159 Å². The molecule has 0 N–H and O–H groups in total. The normalized spacial score (nSPS) is 20.5. The second-order valence-electron chi connectivity index (χ2n) is 7.12. The number of para-hydroxylation sites is 1. The zero-order valence-electron chi connectivity index (χ0n) is 15.4. The first-order chi connectivity index (χ1) is 13.3. The lowest BCUT2D eigenvalue weighted by atomic mass is 9.96. The summed E-state index contributed by atoms with van der Waals surface area (Å²) in [5.74, 6) is 0.966. The van der Waals surface area contributed by atoms with Gasteiger partial charge in [-0.1, -0.05) is 79.7 Å². The number of fused-ring (bicyclic) bond motifs is 3. The molecule has 0 radical (unpaired) electrons. The Bertz CT molecular complexity index is 979. The first-order valence-corrected chi connectivity index (χ1v) is 9.59. The molecular weight excluding hydrogens is 332 g/mol. The summed E-state index contributed by atoms with van der Waals surface area (Å²) in [5.41, 5.74) is 6.00. The highest BCUT2D eigenvalue weighted by Crippen LogP contribution is 2.47. The second-order valence-corrected chi connectivity index (χ2v) is 7.12. The molecule has 0 aliphatic carbocycles. The number of aryl methyl sites for hydroxylation is 1. The summed E-state index contributed by atoms with van der Waals surface area (Å²) in [7, 11) is 0. The van der Waals surface area contributed by atoms with E-state index in [0.29, 0.717) is 0 Å². The fourth-order valence-corrected chi connectivity index (χ4v) is 3.98. The molecule has 2 atom stereocenters. The van der Waals surface area contributed by atoms with Crippen LogP contribution in [-0.4, -0.2) is 10.7 Å². The van der Waals surface area contributed by atoms with Crippen molar-refractivity contribution >= 4 is 5.71 Å².